The number of carbonyl (C=O) groups excluding carboxylic acids is 1. The summed E-state index contributed by atoms with van der Waals surface area (Å²) in [5, 5.41) is 0. The van der Waals surface area contributed by atoms with Crippen LogP contribution in [0.4, 0.5) is 0 Å². The molecule has 3 nitrogen and oxygen atoms in total. The number of ketones is 1. The van der Waals surface area contributed by atoms with Crippen LogP contribution in [0.15, 0.2) is 18.3 Å². The van der Waals surface area contributed by atoms with Gasteiger partial charge in [0.05, 0.1) is 12.2 Å². The highest BCUT2D eigenvalue weighted by Gasteiger charge is 2.16. The van der Waals surface area contributed by atoms with Gasteiger partial charge in [-0.2, -0.15) is 0 Å². The van der Waals surface area contributed by atoms with Gasteiger partial charge in [0, 0.05) is 19.3 Å². The number of hydrogen-bond acceptors (Lipinski definition) is 2. The molecule has 1 aromatic heterocycles. The molecule has 1 aromatic rings. The standard InChI is InChI=1S/C13H22N2O/c1-5-11(3)15(6-2)10-13(16)12-8-7-9-14(12)4/h7-9,11H,5-6,10H2,1-4H3. The summed E-state index contributed by atoms with van der Waals surface area (Å²) >= 11 is 0. The van der Waals surface area contributed by atoms with Gasteiger partial charge in [-0.25, -0.2) is 0 Å². The van der Waals surface area contributed by atoms with Gasteiger partial charge >= 0.3 is 0 Å². The van der Waals surface area contributed by atoms with Crippen LogP contribution in [0.2, 0.25) is 0 Å². The maximum atomic E-state index is 12.1. The van der Waals surface area contributed by atoms with Crippen LogP contribution in [0, 0.1) is 0 Å². The van der Waals surface area contributed by atoms with E-state index in [2.05, 4.69) is 25.7 Å². The summed E-state index contributed by atoms with van der Waals surface area (Å²) in [5.74, 6) is 0.203. The number of Topliss-reactive ketones (excluding diaryl/α,β-unsaturated/α-hetero) is 1. The van der Waals surface area contributed by atoms with E-state index in [-0.39, 0.29) is 5.78 Å². The molecule has 0 radical (unpaired) electrons. The summed E-state index contributed by atoms with van der Waals surface area (Å²) in [5.41, 5.74) is 0.793. The van der Waals surface area contributed by atoms with Crippen molar-refractivity contribution in [2.24, 2.45) is 7.05 Å². The number of carbonyl (C=O) groups is 1. The van der Waals surface area contributed by atoms with Crippen LogP contribution in [0.25, 0.3) is 0 Å². The third-order valence-corrected chi connectivity index (χ3v) is 3.20. The average Bonchev–Trinajstić information content (AvgIpc) is 2.71. The van der Waals surface area contributed by atoms with E-state index in [4.69, 9.17) is 0 Å². The smallest absolute Gasteiger partial charge is 0.193 e. The number of nitrogens with zero attached hydrogens (tertiary/aromatic N) is 2. The Morgan fingerprint density at radius 2 is 2.19 bits per heavy atom. The number of rotatable bonds is 6. The summed E-state index contributed by atoms with van der Waals surface area (Å²) in [7, 11) is 1.91. The Kier molecular flexibility index (Phi) is 4.74. The van der Waals surface area contributed by atoms with Crippen molar-refractivity contribution in [3.63, 3.8) is 0 Å². The summed E-state index contributed by atoms with van der Waals surface area (Å²) in [6, 6.07) is 4.26. The van der Waals surface area contributed by atoms with Crippen molar-refractivity contribution in [2.75, 3.05) is 13.1 Å². The first kappa shape index (κ1) is 13.0. The van der Waals surface area contributed by atoms with Crippen LogP contribution < -0.4 is 0 Å². The first-order chi connectivity index (χ1) is 7.60. The Balaban J connectivity index is 2.66. The molecule has 1 unspecified atom stereocenters. The van der Waals surface area contributed by atoms with Crippen molar-refractivity contribution in [3.05, 3.63) is 24.0 Å². The van der Waals surface area contributed by atoms with Gasteiger partial charge in [-0.1, -0.05) is 13.8 Å². The van der Waals surface area contributed by atoms with E-state index >= 15 is 0 Å². The molecule has 0 aliphatic carbocycles. The quantitative estimate of drug-likeness (QED) is 0.690. The first-order valence-electron chi connectivity index (χ1n) is 5.98. The monoisotopic (exact) mass is 222 g/mol. The molecule has 0 saturated carbocycles. The van der Waals surface area contributed by atoms with Crippen molar-refractivity contribution in [1.29, 1.82) is 0 Å². The summed E-state index contributed by atoms with van der Waals surface area (Å²) in [6.45, 7) is 7.86. The molecule has 1 heterocycles. The van der Waals surface area contributed by atoms with Crippen molar-refractivity contribution in [1.82, 2.24) is 9.47 Å². The molecule has 0 aromatic carbocycles. The summed E-state index contributed by atoms with van der Waals surface area (Å²) in [4.78, 5) is 14.3. The van der Waals surface area contributed by atoms with Gasteiger partial charge in [-0.05, 0) is 32.0 Å². The second kappa shape index (κ2) is 5.85. The van der Waals surface area contributed by atoms with Crippen molar-refractivity contribution in [3.8, 4) is 0 Å². The largest absolute Gasteiger partial charge is 0.348 e. The van der Waals surface area contributed by atoms with E-state index in [1.165, 1.54) is 0 Å². The molecule has 1 rings (SSSR count). The first-order valence-corrected chi connectivity index (χ1v) is 5.98. The summed E-state index contributed by atoms with van der Waals surface area (Å²) in [6.07, 6.45) is 2.99. The molecule has 0 amide bonds. The SMILES string of the molecule is CCC(C)N(CC)CC(=O)c1cccn1C. The molecule has 0 N–H and O–H groups in total. The highest BCUT2D eigenvalue weighted by molar-refractivity contribution is 5.96. The van der Waals surface area contributed by atoms with E-state index in [0.29, 0.717) is 12.6 Å². The molecule has 1 atom stereocenters. The molecule has 0 aliphatic heterocycles. The highest BCUT2D eigenvalue weighted by atomic mass is 16.1. The van der Waals surface area contributed by atoms with E-state index < -0.39 is 0 Å². The summed E-state index contributed by atoms with van der Waals surface area (Å²) < 4.78 is 1.88. The van der Waals surface area contributed by atoms with Gasteiger partial charge < -0.3 is 4.57 Å². The van der Waals surface area contributed by atoms with Gasteiger partial charge in [0.2, 0.25) is 0 Å². The lowest BCUT2D eigenvalue weighted by atomic mass is 10.2. The lowest BCUT2D eigenvalue weighted by molar-refractivity contribution is 0.0894. The van der Waals surface area contributed by atoms with Crippen LogP contribution in [0.5, 0.6) is 0 Å². The number of hydrogen-bond donors (Lipinski definition) is 0. The second-order valence-corrected chi connectivity index (χ2v) is 4.25. The minimum Gasteiger partial charge on any atom is -0.348 e. The van der Waals surface area contributed by atoms with Crippen LogP contribution >= 0.6 is 0 Å². The highest BCUT2D eigenvalue weighted by Crippen LogP contribution is 2.07. The van der Waals surface area contributed by atoms with E-state index in [9.17, 15) is 4.79 Å². The topological polar surface area (TPSA) is 25.2 Å². The molecular weight excluding hydrogens is 200 g/mol. The zero-order chi connectivity index (χ0) is 12.1. The van der Waals surface area contributed by atoms with Gasteiger partial charge in [-0.15, -0.1) is 0 Å². The maximum absolute atomic E-state index is 12.1. The maximum Gasteiger partial charge on any atom is 0.193 e. The lowest BCUT2D eigenvalue weighted by Crippen LogP contribution is -2.37. The molecule has 16 heavy (non-hydrogen) atoms. The van der Waals surface area contributed by atoms with Gasteiger partial charge in [-0.3, -0.25) is 9.69 Å². The fraction of sp³-hybridized carbons (Fsp3) is 0.615. The Morgan fingerprint density at radius 3 is 2.62 bits per heavy atom. The fourth-order valence-electron chi connectivity index (χ4n) is 1.85. The van der Waals surface area contributed by atoms with Crippen LogP contribution in [-0.4, -0.2) is 34.4 Å². The van der Waals surface area contributed by atoms with E-state index in [1.807, 2.05) is 29.9 Å². The predicted molar refractivity (Wildman–Crippen MR) is 66.7 cm³/mol. The van der Waals surface area contributed by atoms with Crippen molar-refractivity contribution >= 4 is 5.78 Å². The predicted octanol–water partition coefficient (Wildman–Crippen LogP) is 2.33. The van der Waals surface area contributed by atoms with Crippen molar-refractivity contribution < 1.29 is 4.79 Å². The third kappa shape index (κ3) is 2.95. The molecule has 90 valence electrons. The van der Waals surface area contributed by atoms with E-state index in [0.717, 1.165) is 18.7 Å². The van der Waals surface area contributed by atoms with Crippen LogP contribution in [0.1, 0.15) is 37.7 Å². The normalized spacial score (nSPS) is 13.1. The molecule has 0 spiro atoms. The minimum atomic E-state index is 0.203. The Bertz CT molecular complexity index is 343. The van der Waals surface area contributed by atoms with Crippen LogP contribution in [0.3, 0.4) is 0 Å². The minimum absolute atomic E-state index is 0.203. The average molecular weight is 222 g/mol. The number of aromatic nitrogens is 1. The Labute approximate surface area is 98.1 Å². The fourth-order valence-corrected chi connectivity index (χ4v) is 1.85. The molecule has 0 aliphatic rings. The zero-order valence-corrected chi connectivity index (χ0v) is 10.7. The molecule has 3 heteroatoms. The van der Waals surface area contributed by atoms with Gasteiger partial charge in [0.15, 0.2) is 5.78 Å². The Hall–Kier alpha value is -1.09. The molecule has 0 bridgehead atoms. The third-order valence-electron chi connectivity index (χ3n) is 3.20. The van der Waals surface area contributed by atoms with Gasteiger partial charge in [0.1, 0.15) is 0 Å². The zero-order valence-electron chi connectivity index (χ0n) is 10.7. The Morgan fingerprint density at radius 1 is 1.50 bits per heavy atom. The molecule has 0 fully saturated rings. The van der Waals surface area contributed by atoms with Gasteiger partial charge in [0.25, 0.3) is 0 Å². The number of likely N-dealkylation sites (N-methyl/N-ethyl adjacent to an activating group) is 1. The molecule has 0 saturated heterocycles. The van der Waals surface area contributed by atoms with Crippen LogP contribution in [-0.2, 0) is 7.05 Å². The van der Waals surface area contributed by atoms with Crippen molar-refractivity contribution in [2.45, 2.75) is 33.2 Å². The lowest BCUT2D eigenvalue weighted by Gasteiger charge is -2.26. The van der Waals surface area contributed by atoms with E-state index in [1.54, 1.807) is 0 Å². The second-order valence-electron chi connectivity index (χ2n) is 4.25. The number of aryl methyl sites for hydroxylation is 1. The molecular formula is C13H22N2O.